The number of hydrogen-bond donors (Lipinski definition) is 6. The Kier molecular flexibility index (Phi) is 11.9. The normalized spacial score (nSPS) is 11.3. The van der Waals surface area contributed by atoms with Crippen LogP contribution in [0.5, 0.6) is 23.0 Å². The Morgan fingerprint density at radius 2 is 0.526 bits per heavy atom. The summed E-state index contributed by atoms with van der Waals surface area (Å²) in [4.78, 5) is 70.4. The van der Waals surface area contributed by atoms with Crippen LogP contribution in [0.3, 0.4) is 0 Å². The van der Waals surface area contributed by atoms with Crippen molar-refractivity contribution in [3.63, 3.8) is 0 Å². The maximum absolute atomic E-state index is 13.1. The van der Waals surface area contributed by atoms with Gasteiger partial charge in [-0.15, -0.1) is 0 Å². The van der Waals surface area contributed by atoms with E-state index in [0.29, 0.717) is 135 Å². The highest BCUT2D eigenvalue weighted by molar-refractivity contribution is 6.12. The molecule has 0 saturated carbocycles. The molecule has 0 unspecified atom stereocenters. The lowest BCUT2D eigenvalue weighted by molar-refractivity contribution is 0.0651. The second-order valence-electron chi connectivity index (χ2n) is 17.7. The minimum atomic E-state index is -1.46. The number of ether oxygens (including phenoxy) is 4. The molecule has 6 aromatic carbocycles. The highest BCUT2D eigenvalue weighted by Crippen LogP contribution is 2.51. The van der Waals surface area contributed by atoms with Gasteiger partial charge in [0.2, 0.25) is 0 Å². The third-order valence-corrected chi connectivity index (χ3v) is 13.6. The van der Waals surface area contributed by atoms with E-state index >= 15 is 0 Å². The fraction of sp³-hybridized carbons (Fsp3) is 0.0667. The molecular weight excluding hydrogens is 969 g/mol. The number of aromatic nitrogens is 4. The first kappa shape index (κ1) is 47.8. The molecule has 76 heavy (non-hydrogen) atoms. The molecule has 0 saturated heterocycles. The van der Waals surface area contributed by atoms with Crippen LogP contribution in [0.25, 0.3) is 112 Å². The van der Waals surface area contributed by atoms with Crippen LogP contribution >= 0.6 is 0 Å². The number of methoxy groups -OCH3 is 4. The summed E-state index contributed by atoms with van der Waals surface area (Å²) in [6.07, 6.45) is 0. The van der Waals surface area contributed by atoms with E-state index in [9.17, 15) is 39.6 Å². The monoisotopic (exact) mass is 1010 g/mol. The molecule has 2 aliphatic heterocycles. The van der Waals surface area contributed by atoms with Crippen LogP contribution in [-0.4, -0.2) is 92.7 Å². The molecule has 0 radical (unpaired) electrons. The molecule has 3 aromatic heterocycles. The number of nitrogens with zero attached hydrogens (tertiary/aromatic N) is 2. The van der Waals surface area contributed by atoms with Gasteiger partial charge in [0, 0.05) is 66.6 Å². The Morgan fingerprint density at radius 3 is 0.697 bits per heavy atom. The maximum Gasteiger partial charge on any atom is 0.336 e. The standard InChI is InChI=1S/C60H42N4O12/c1-73-33-13-5-29(6-14-33)49-45-21-22-46(61-45)50(30-7-15-34(74-2)16-8-30)55-39-27-43(59(69)70)44(60(71)72)28-40(39)56(64-55)52(32-11-19-36(76-4)20-12-32)48-24-23-47(62-48)51(31-9-17-35(75-3)18-10-31)54-38-26-42(58(67)68)41(57(65)66)25-37(38)53(49)63-54/h5-28,61-62H,1-4H3,(H,65,66)(H,67,68)(H,69,70)(H,71,72). The fourth-order valence-corrected chi connectivity index (χ4v) is 10.0. The Morgan fingerprint density at radius 1 is 0.329 bits per heavy atom. The minimum Gasteiger partial charge on any atom is -0.497 e. The van der Waals surface area contributed by atoms with Gasteiger partial charge < -0.3 is 49.3 Å². The molecular formula is C60H42N4O12. The zero-order valence-electron chi connectivity index (χ0n) is 40.8. The van der Waals surface area contributed by atoms with Crippen molar-refractivity contribution >= 4 is 45.9 Å². The third-order valence-electron chi connectivity index (χ3n) is 13.6. The summed E-state index contributed by atoms with van der Waals surface area (Å²) >= 11 is 0. The average molecular weight is 1010 g/mol. The number of aromatic amines is 2. The second-order valence-corrected chi connectivity index (χ2v) is 17.7. The predicted molar refractivity (Wildman–Crippen MR) is 286 cm³/mol. The SMILES string of the molecule is COc1ccc(-c2c3nc(c(-c4ccc(OC)cc4)c4ccc([nH]4)c(-c4ccc(OC)cc4)c4nc(c(-c5ccc(OC)cc5)c5ccc2[nH]5)-c2cc(C(=O)O)c(C(=O)O)cc2-4)-c2cc(C(=O)O)c(C(=O)O)cc2-3)cc1. The molecule has 5 heterocycles. The van der Waals surface area contributed by atoms with Gasteiger partial charge in [-0.05, 0) is 119 Å². The number of aromatic carboxylic acids is 4. The summed E-state index contributed by atoms with van der Waals surface area (Å²) in [7, 11) is 6.18. The fourth-order valence-electron chi connectivity index (χ4n) is 10.0. The number of nitrogens with one attached hydrogen (secondary N) is 2. The zero-order chi connectivity index (χ0) is 53.1. The molecule has 0 amide bonds. The van der Waals surface area contributed by atoms with Crippen LogP contribution < -0.4 is 18.9 Å². The van der Waals surface area contributed by atoms with E-state index in [1.54, 1.807) is 77.0 Å². The van der Waals surface area contributed by atoms with E-state index < -0.39 is 46.1 Å². The van der Waals surface area contributed by atoms with Gasteiger partial charge >= 0.3 is 23.9 Å². The molecule has 374 valence electrons. The van der Waals surface area contributed by atoms with Gasteiger partial charge in [-0.25, -0.2) is 29.1 Å². The molecule has 0 fully saturated rings. The number of benzene rings is 6. The largest absolute Gasteiger partial charge is 0.497 e. The first-order chi connectivity index (χ1) is 36.8. The average Bonchev–Trinajstić information content (AvgIpc) is 4.30. The van der Waals surface area contributed by atoms with Crippen molar-refractivity contribution in [1.29, 1.82) is 0 Å². The van der Waals surface area contributed by atoms with Crippen molar-refractivity contribution in [3.05, 3.63) is 168 Å². The molecule has 8 bridgehead atoms. The highest BCUT2D eigenvalue weighted by Gasteiger charge is 2.32. The number of carboxylic acids is 4. The second kappa shape index (κ2) is 18.8. The summed E-state index contributed by atoms with van der Waals surface area (Å²) in [5, 5.41) is 42.5. The van der Waals surface area contributed by atoms with Crippen LogP contribution in [0, 0.1) is 0 Å². The molecule has 11 rings (SSSR count). The van der Waals surface area contributed by atoms with Gasteiger partial charge in [-0.1, -0.05) is 48.5 Å². The summed E-state index contributed by atoms with van der Waals surface area (Å²) in [6.45, 7) is 0. The molecule has 16 heteroatoms. The summed E-state index contributed by atoms with van der Waals surface area (Å²) < 4.78 is 22.3. The molecule has 0 atom stereocenters. The molecule has 16 nitrogen and oxygen atoms in total. The van der Waals surface area contributed by atoms with Gasteiger partial charge in [0.05, 0.1) is 73.5 Å². The highest BCUT2D eigenvalue weighted by atomic mass is 16.5. The van der Waals surface area contributed by atoms with Crippen molar-refractivity contribution < 1.29 is 58.6 Å². The molecule has 2 aliphatic rings. The maximum atomic E-state index is 13.1. The first-order valence-corrected chi connectivity index (χ1v) is 23.5. The summed E-state index contributed by atoms with van der Waals surface area (Å²) in [5.41, 5.74) is 7.06. The number of H-pyrrole nitrogens is 2. The lowest BCUT2D eigenvalue weighted by Crippen LogP contribution is -2.08. The number of rotatable bonds is 12. The quantitative estimate of drug-likeness (QED) is 0.0667. The number of fused-ring (bicyclic) bond motifs is 14. The van der Waals surface area contributed by atoms with Gasteiger partial charge in [-0.2, -0.15) is 0 Å². The van der Waals surface area contributed by atoms with Crippen molar-refractivity contribution in [1.82, 2.24) is 19.9 Å². The smallest absolute Gasteiger partial charge is 0.336 e. The van der Waals surface area contributed by atoms with Crippen LogP contribution in [-0.2, 0) is 0 Å². The lowest BCUT2D eigenvalue weighted by atomic mass is 9.91. The number of carbonyl (C=O) groups is 4. The Balaban J connectivity index is 1.43. The minimum absolute atomic E-state index is 0.302. The van der Waals surface area contributed by atoms with Crippen LogP contribution in [0.1, 0.15) is 41.4 Å². The van der Waals surface area contributed by atoms with Crippen LogP contribution in [0.4, 0.5) is 0 Å². The predicted octanol–water partition coefficient (Wildman–Crippen LogP) is 12.5. The van der Waals surface area contributed by atoms with Gasteiger partial charge in [0.15, 0.2) is 0 Å². The van der Waals surface area contributed by atoms with Crippen molar-refractivity contribution in [2.45, 2.75) is 0 Å². The molecule has 6 N–H and O–H groups in total. The van der Waals surface area contributed by atoms with E-state index in [1.165, 1.54) is 24.3 Å². The molecule has 9 aromatic rings. The summed E-state index contributed by atoms with van der Waals surface area (Å²) in [6, 6.07) is 41.6. The number of carboxylic acid groups (broad SMARTS) is 4. The third kappa shape index (κ3) is 8.06. The lowest BCUT2D eigenvalue weighted by Gasteiger charge is -2.12. The Bertz CT molecular complexity index is 3570. The van der Waals surface area contributed by atoms with E-state index in [-0.39, 0.29) is 0 Å². The molecule has 0 aliphatic carbocycles. The van der Waals surface area contributed by atoms with E-state index in [1.807, 2.05) is 72.8 Å². The molecule has 0 spiro atoms. The van der Waals surface area contributed by atoms with Crippen molar-refractivity contribution in [2.24, 2.45) is 0 Å². The zero-order valence-corrected chi connectivity index (χ0v) is 40.8. The number of hydrogen-bond acceptors (Lipinski definition) is 10. The van der Waals surface area contributed by atoms with Crippen molar-refractivity contribution in [2.75, 3.05) is 28.4 Å². The van der Waals surface area contributed by atoms with Gasteiger partial charge in [-0.3, -0.25) is 0 Å². The van der Waals surface area contributed by atoms with Gasteiger partial charge in [0.25, 0.3) is 0 Å². The van der Waals surface area contributed by atoms with E-state index in [0.717, 1.165) is 0 Å². The van der Waals surface area contributed by atoms with E-state index in [4.69, 9.17) is 28.9 Å². The van der Waals surface area contributed by atoms with Gasteiger partial charge in [0.1, 0.15) is 23.0 Å². The van der Waals surface area contributed by atoms with Crippen LogP contribution in [0.2, 0.25) is 0 Å². The first-order valence-electron chi connectivity index (χ1n) is 23.5. The van der Waals surface area contributed by atoms with Crippen molar-refractivity contribution in [3.8, 4) is 113 Å². The van der Waals surface area contributed by atoms with E-state index in [2.05, 4.69) is 9.97 Å². The topological polar surface area (TPSA) is 243 Å². The summed E-state index contributed by atoms with van der Waals surface area (Å²) in [5.74, 6) is -3.60. The van der Waals surface area contributed by atoms with Crippen LogP contribution in [0.15, 0.2) is 146 Å². The Hall–Kier alpha value is -10.5. The Labute approximate surface area is 431 Å².